The van der Waals surface area contributed by atoms with Gasteiger partial charge in [-0.2, -0.15) is 0 Å². The van der Waals surface area contributed by atoms with Gasteiger partial charge in [-0.3, -0.25) is 0 Å². The smallest absolute Gasteiger partial charge is 0.117 e. The summed E-state index contributed by atoms with van der Waals surface area (Å²) >= 11 is 0. The van der Waals surface area contributed by atoms with Crippen molar-refractivity contribution in [1.82, 2.24) is 5.32 Å². The van der Waals surface area contributed by atoms with Gasteiger partial charge in [-0.25, -0.2) is 4.39 Å². The molecule has 0 spiro atoms. The third-order valence-corrected chi connectivity index (χ3v) is 2.83. The summed E-state index contributed by atoms with van der Waals surface area (Å²) in [6, 6.07) is -0.403. The van der Waals surface area contributed by atoms with E-state index in [1.165, 1.54) is 0 Å². The summed E-state index contributed by atoms with van der Waals surface area (Å²) in [5.74, 6) is 0.146. The van der Waals surface area contributed by atoms with Crippen molar-refractivity contribution in [2.75, 3.05) is 13.1 Å². The van der Waals surface area contributed by atoms with Crippen LogP contribution in [0.3, 0.4) is 0 Å². The molecule has 2 unspecified atom stereocenters. The van der Waals surface area contributed by atoms with Crippen molar-refractivity contribution in [2.24, 2.45) is 11.7 Å². The Balaban J connectivity index is 2.64. The average Bonchev–Trinajstić information content (AvgIpc) is 2.67. The van der Waals surface area contributed by atoms with E-state index in [-0.39, 0.29) is 11.7 Å². The molecule has 1 fully saturated rings. The standard InChI is InChI=1S/C10H19FN2/c1-3-7(2)10(12)9(11)8-4-5-13-6-8/h7,10,13H,3-6,12H2,1-2H3. The zero-order chi connectivity index (χ0) is 9.84. The molecule has 1 aliphatic rings. The van der Waals surface area contributed by atoms with E-state index in [1.54, 1.807) is 0 Å². The van der Waals surface area contributed by atoms with Gasteiger partial charge >= 0.3 is 0 Å². The first kappa shape index (κ1) is 10.7. The van der Waals surface area contributed by atoms with Gasteiger partial charge in [0, 0.05) is 6.54 Å². The number of hydrogen-bond donors (Lipinski definition) is 2. The number of nitrogens with one attached hydrogen (secondary N) is 1. The third-order valence-electron chi connectivity index (χ3n) is 2.83. The maximum absolute atomic E-state index is 13.7. The van der Waals surface area contributed by atoms with Crippen LogP contribution in [0.2, 0.25) is 0 Å². The highest BCUT2D eigenvalue weighted by molar-refractivity contribution is 5.18. The van der Waals surface area contributed by atoms with E-state index >= 15 is 0 Å². The van der Waals surface area contributed by atoms with Crippen LogP contribution in [0.25, 0.3) is 0 Å². The minimum absolute atomic E-state index is 0.0839. The molecular weight excluding hydrogens is 167 g/mol. The van der Waals surface area contributed by atoms with E-state index < -0.39 is 6.04 Å². The fraction of sp³-hybridized carbons (Fsp3) is 0.800. The van der Waals surface area contributed by atoms with Gasteiger partial charge in [-0.1, -0.05) is 20.3 Å². The molecular formula is C10H19FN2. The highest BCUT2D eigenvalue weighted by Crippen LogP contribution is 2.21. The molecule has 0 aromatic heterocycles. The zero-order valence-corrected chi connectivity index (χ0v) is 8.44. The summed E-state index contributed by atoms with van der Waals surface area (Å²) in [5, 5.41) is 3.11. The van der Waals surface area contributed by atoms with Crippen LogP contribution in [0.4, 0.5) is 4.39 Å². The lowest BCUT2D eigenvalue weighted by molar-refractivity contribution is 0.411. The summed E-state index contributed by atoms with van der Waals surface area (Å²) in [7, 11) is 0. The number of halogens is 1. The second kappa shape index (κ2) is 4.72. The third kappa shape index (κ3) is 2.51. The normalized spacial score (nSPS) is 25.8. The molecule has 1 rings (SSSR count). The Bertz CT molecular complexity index is 193. The molecule has 3 N–H and O–H groups in total. The van der Waals surface area contributed by atoms with Gasteiger partial charge in [0.2, 0.25) is 0 Å². The summed E-state index contributed by atoms with van der Waals surface area (Å²) < 4.78 is 13.7. The van der Waals surface area contributed by atoms with Crippen LogP contribution in [-0.2, 0) is 0 Å². The number of hydrogen-bond acceptors (Lipinski definition) is 2. The van der Waals surface area contributed by atoms with Crippen molar-refractivity contribution >= 4 is 0 Å². The van der Waals surface area contributed by atoms with E-state index in [4.69, 9.17) is 5.73 Å². The molecule has 1 saturated heterocycles. The van der Waals surface area contributed by atoms with E-state index in [0.717, 1.165) is 25.0 Å². The zero-order valence-electron chi connectivity index (χ0n) is 8.44. The lowest BCUT2D eigenvalue weighted by Gasteiger charge is -2.17. The highest BCUT2D eigenvalue weighted by atomic mass is 19.1. The Hall–Kier alpha value is -0.410. The molecule has 3 heteroatoms. The first-order valence-electron chi connectivity index (χ1n) is 5.00. The first-order chi connectivity index (χ1) is 6.16. The predicted octanol–water partition coefficient (Wildman–Crippen LogP) is 1.58. The molecule has 0 bridgehead atoms. The van der Waals surface area contributed by atoms with Gasteiger partial charge < -0.3 is 11.1 Å². The second-order valence-corrected chi connectivity index (χ2v) is 3.79. The Labute approximate surface area is 79.4 Å². The minimum atomic E-state index is -0.403. The van der Waals surface area contributed by atoms with Gasteiger partial charge in [0.25, 0.3) is 0 Å². The van der Waals surface area contributed by atoms with Crippen molar-refractivity contribution in [3.8, 4) is 0 Å². The lowest BCUT2D eigenvalue weighted by atomic mass is 9.96. The molecule has 76 valence electrons. The van der Waals surface area contributed by atoms with Gasteiger partial charge in [-0.15, -0.1) is 0 Å². The van der Waals surface area contributed by atoms with Crippen LogP contribution in [0.1, 0.15) is 26.7 Å². The largest absolute Gasteiger partial charge is 0.322 e. The van der Waals surface area contributed by atoms with Gasteiger partial charge in [-0.05, 0) is 24.5 Å². The summed E-state index contributed by atoms with van der Waals surface area (Å²) in [4.78, 5) is 0. The van der Waals surface area contributed by atoms with Crippen LogP contribution in [0, 0.1) is 5.92 Å². The molecule has 0 saturated carbocycles. The molecule has 0 aliphatic carbocycles. The minimum Gasteiger partial charge on any atom is -0.322 e. The van der Waals surface area contributed by atoms with E-state index in [0.29, 0.717) is 6.54 Å². The van der Waals surface area contributed by atoms with Crippen LogP contribution in [0.5, 0.6) is 0 Å². The Kier molecular flexibility index (Phi) is 3.88. The molecule has 0 radical (unpaired) electrons. The average molecular weight is 186 g/mol. The first-order valence-corrected chi connectivity index (χ1v) is 5.00. The summed E-state index contributed by atoms with van der Waals surface area (Å²) in [6.45, 7) is 5.59. The number of nitrogens with two attached hydrogens (primary N) is 1. The maximum atomic E-state index is 13.7. The molecule has 2 nitrogen and oxygen atoms in total. The summed E-state index contributed by atoms with van der Waals surface area (Å²) in [6.07, 6.45) is 1.74. The fourth-order valence-electron chi connectivity index (χ4n) is 1.51. The highest BCUT2D eigenvalue weighted by Gasteiger charge is 2.21. The van der Waals surface area contributed by atoms with Gasteiger partial charge in [0.15, 0.2) is 0 Å². The van der Waals surface area contributed by atoms with Crippen LogP contribution in [0.15, 0.2) is 11.4 Å². The molecule has 1 aliphatic heterocycles. The monoisotopic (exact) mass is 186 g/mol. The molecule has 0 amide bonds. The van der Waals surface area contributed by atoms with Crippen LogP contribution < -0.4 is 11.1 Å². The van der Waals surface area contributed by atoms with Crippen molar-refractivity contribution in [3.05, 3.63) is 11.4 Å². The van der Waals surface area contributed by atoms with Crippen LogP contribution >= 0.6 is 0 Å². The van der Waals surface area contributed by atoms with Crippen molar-refractivity contribution in [1.29, 1.82) is 0 Å². The van der Waals surface area contributed by atoms with Crippen molar-refractivity contribution < 1.29 is 4.39 Å². The van der Waals surface area contributed by atoms with E-state index in [9.17, 15) is 4.39 Å². The van der Waals surface area contributed by atoms with Gasteiger partial charge in [0.05, 0.1) is 6.04 Å². The predicted molar refractivity (Wildman–Crippen MR) is 53.1 cm³/mol. The van der Waals surface area contributed by atoms with Crippen molar-refractivity contribution in [3.63, 3.8) is 0 Å². The Morgan fingerprint density at radius 2 is 2.38 bits per heavy atom. The van der Waals surface area contributed by atoms with E-state index in [1.807, 2.05) is 13.8 Å². The topological polar surface area (TPSA) is 38.0 Å². The van der Waals surface area contributed by atoms with Crippen LogP contribution in [-0.4, -0.2) is 19.1 Å². The van der Waals surface area contributed by atoms with Crippen molar-refractivity contribution in [2.45, 2.75) is 32.7 Å². The Morgan fingerprint density at radius 1 is 1.69 bits per heavy atom. The SMILES string of the molecule is CCC(C)C(N)C(F)=C1CCNC1. The Morgan fingerprint density at radius 3 is 2.85 bits per heavy atom. The number of rotatable bonds is 3. The van der Waals surface area contributed by atoms with E-state index in [2.05, 4.69) is 5.32 Å². The molecule has 13 heavy (non-hydrogen) atoms. The quantitative estimate of drug-likeness (QED) is 0.702. The van der Waals surface area contributed by atoms with Gasteiger partial charge in [0.1, 0.15) is 5.83 Å². The molecule has 0 aromatic carbocycles. The summed E-state index contributed by atoms with van der Waals surface area (Å²) in [5.41, 5.74) is 6.66. The molecule has 0 aromatic rings. The maximum Gasteiger partial charge on any atom is 0.117 e. The molecule has 1 heterocycles. The fourth-order valence-corrected chi connectivity index (χ4v) is 1.51. The second-order valence-electron chi connectivity index (χ2n) is 3.79. The molecule has 2 atom stereocenters. The lowest BCUT2D eigenvalue weighted by Crippen LogP contribution is -2.29.